The summed E-state index contributed by atoms with van der Waals surface area (Å²) in [7, 11) is 0. The summed E-state index contributed by atoms with van der Waals surface area (Å²) >= 11 is 1.66. The highest BCUT2D eigenvalue weighted by Gasteiger charge is 2.22. The third-order valence-corrected chi connectivity index (χ3v) is 6.94. The first-order chi connectivity index (χ1) is 17.0. The highest BCUT2D eigenvalue weighted by molar-refractivity contribution is 7.18. The Morgan fingerprint density at radius 1 is 1.17 bits per heavy atom. The van der Waals surface area contributed by atoms with E-state index in [0.717, 1.165) is 52.7 Å². The van der Waals surface area contributed by atoms with Crippen LogP contribution in [0.5, 0.6) is 0 Å². The number of hydrogen-bond donors (Lipinski definition) is 3. The van der Waals surface area contributed by atoms with Crippen LogP contribution in [0.4, 0.5) is 23.0 Å². The van der Waals surface area contributed by atoms with Crippen molar-refractivity contribution in [2.45, 2.75) is 25.8 Å². The number of fused-ring (bicyclic) bond motifs is 1. The van der Waals surface area contributed by atoms with E-state index >= 15 is 0 Å². The average molecular weight is 485 g/mol. The van der Waals surface area contributed by atoms with Gasteiger partial charge in [0.1, 0.15) is 17.7 Å². The van der Waals surface area contributed by atoms with Gasteiger partial charge in [-0.05, 0) is 50.1 Å². The molecule has 1 amide bonds. The first-order valence-corrected chi connectivity index (χ1v) is 12.1. The van der Waals surface area contributed by atoms with E-state index in [4.69, 9.17) is 11.0 Å². The van der Waals surface area contributed by atoms with Crippen LogP contribution in [0.15, 0.2) is 48.8 Å². The number of pyridine rings is 2. The number of anilines is 4. The molecule has 0 radical (unpaired) electrons. The van der Waals surface area contributed by atoms with E-state index in [1.54, 1.807) is 23.6 Å². The number of amides is 1. The molecule has 35 heavy (non-hydrogen) atoms. The topological polar surface area (TPSA) is 133 Å². The molecule has 1 fully saturated rings. The summed E-state index contributed by atoms with van der Waals surface area (Å²) in [6.45, 7) is 3.61. The predicted molar refractivity (Wildman–Crippen MR) is 138 cm³/mol. The van der Waals surface area contributed by atoms with Crippen LogP contribution in [0.25, 0.3) is 10.2 Å². The van der Waals surface area contributed by atoms with Gasteiger partial charge in [0.05, 0.1) is 32.0 Å². The Labute approximate surface area is 206 Å². The number of piperidine rings is 1. The molecule has 0 saturated carbocycles. The van der Waals surface area contributed by atoms with Gasteiger partial charge in [0.25, 0.3) is 5.91 Å². The second-order valence-corrected chi connectivity index (χ2v) is 9.68. The minimum absolute atomic E-state index is 0.173. The smallest absolute Gasteiger partial charge is 0.252 e. The molecule has 1 aromatic carbocycles. The Kier molecular flexibility index (Phi) is 6.16. The molecule has 4 N–H and O–H groups in total. The van der Waals surface area contributed by atoms with Crippen molar-refractivity contribution < 1.29 is 4.79 Å². The highest BCUT2D eigenvalue weighted by atomic mass is 32.1. The van der Waals surface area contributed by atoms with Gasteiger partial charge in [-0.3, -0.25) is 4.79 Å². The lowest BCUT2D eigenvalue weighted by Gasteiger charge is -2.34. The Bertz CT molecular complexity index is 1420. The van der Waals surface area contributed by atoms with Crippen LogP contribution in [-0.4, -0.2) is 40.0 Å². The maximum absolute atomic E-state index is 12.0. The predicted octanol–water partition coefficient (Wildman–Crippen LogP) is 4.19. The monoisotopic (exact) mass is 484 g/mol. The number of carbonyl (C=O) groups excluding carboxylic acids is 1. The molecule has 1 saturated heterocycles. The zero-order valence-corrected chi connectivity index (χ0v) is 20.0. The highest BCUT2D eigenvalue weighted by Crippen LogP contribution is 2.28. The number of nitriles is 1. The molecule has 0 spiro atoms. The molecule has 0 unspecified atom stereocenters. The fourth-order valence-corrected chi connectivity index (χ4v) is 5.03. The van der Waals surface area contributed by atoms with Crippen molar-refractivity contribution >= 4 is 50.5 Å². The zero-order valence-electron chi connectivity index (χ0n) is 19.2. The van der Waals surface area contributed by atoms with E-state index in [9.17, 15) is 4.79 Å². The van der Waals surface area contributed by atoms with Gasteiger partial charge in [0.15, 0.2) is 0 Å². The largest absolute Gasteiger partial charge is 0.381 e. The number of nitrogens with one attached hydrogen (secondary N) is 2. The third-order valence-electron chi connectivity index (χ3n) is 5.99. The van der Waals surface area contributed by atoms with E-state index in [2.05, 4.69) is 36.6 Å². The fraction of sp³-hybridized carbons (Fsp3) is 0.240. The van der Waals surface area contributed by atoms with Crippen molar-refractivity contribution in [3.05, 3.63) is 64.9 Å². The van der Waals surface area contributed by atoms with Crippen LogP contribution in [0.1, 0.15) is 33.8 Å². The van der Waals surface area contributed by atoms with Crippen molar-refractivity contribution in [1.82, 2.24) is 15.0 Å². The van der Waals surface area contributed by atoms with Gasteiger partial charge in [-0.2, -0.15) is 5.26 Å². The fourth-order valence-electron chi connectivity index (χ4n) is 4.22. The molecule has 1 aliphatic heterocycles. The molecule has 4 aromatic rings. The SMILES string of the molecule is Cc1nc2cc(Nc3cc(NC4CCN(c5ccc(C#N)cn5)CC4)c(C(N)=O)cn3)ccc2s1. The van der Waals surface area contributed by atoms with Gasteiger partial charge in [0, 0.05) is 43.3 Å². The number of aryl methyl sites for hydroxylation is 1. The molecule has 1 aliphatic rings. The first-order valence-electron chi connectivity index (χ1n) is 11.3. The molecule has 5 rings (SSSR count). The van der Waals surface area contributed by atoms with E-state index in [0.29, 0.717) is 22.6 Å². The molecule has 0 aliphatic carbocycles. The first kappa shape index (κ1) is 22.6. The number of aromatic nitrogens is 3. The van der Waals surface area contributed by atoms with E-state index in [-0.39, 0.29) is 6.04 Å². The van der Waals surface area contributed by atoms with Crippen molar-refractivity contribution in [1.29, 1.82) is 5.26 Å². The summed E-state index contributed by atoms with van der Waals surface area (Å²) in [6, 6.07) is 13.8. The summed E-state index contributed by atoms with van der Waals surface area (Å²) in [5, 5.41) is 16.8. The van der Waals surface area contributed by atoms with Crippen LogP contribution in [0, 0.1) is 18.3 Å². The van der Waals surface area contributed by atoms with Crippen molar-refractivity contribution in [2.24, 2.45) is 5.73 Å². The Balaban J connectivity index is 1.29. The second kappa shape index (κ2) is 9.56. The molecule has 176 valence electrons. The minimum Gasteiger partial charge on any atom is -0.381 e. The summed E-state index contributed by atoms with van der Waals surface area (Å²) in [5.41, 5.74) is 9.00. The van der Waals surface area contributed by atoms with Gasteiger partial charge < -0.3 is 21.3 Å². The summed E-state index contributed by atoms with van der Waals surface area (Å²) in [5.74, 6) is 0.955. The summed E-state index contributed by atoms with van der Waals surface area (Å²) in [6.07, 6.45) is 4.83. The van der Waals surface area contributed by atoms with E-state index in [1.165, 1.54) is 6.20 Å². The quantitative estimate of drug-likeness (QED) is 0.371. The van der Waals surface area contributed by atoms with Gasteiger partial charge in [-0.15, -0.1) is 11.3 Å². The van der Waals surface area contributed by atoms with Crippen LogP contribution < -0.4 is 21.3 Å². The van der Waals surface area contributed by atoms with Gasteiger partial charge in [-0.25, -0.2) is 15.0 Å². The lowest BCUT2D eigenvalue weighted by Crippen LogP contribution is -2.39. The van der Waals surface area contributed by atoms with Gasteiger partial charge >= 0.3 is 0 Å². The van der Waals surface area contributed by atoms with Crippen LogP contribution in [-0.2, 0) is 0 Å². The molecular weight excluding hydrogens is 460 g/mol. The number of thiazole rings is 1. The molecule has 4 heterocycles. The number of nitrogens with zero attached hydrogens (tertiary/aromatic N) is 5. The van der Waals surface area contributed by atoms with E-state index < -0.39 is 5.91 Å². The van der Waals surface area contributed by atoms with Crippen molar-refractivity contribution in [3.63, 3.8) is 0 Å². The van der Waals surface area contributed by atoms with Crippen molar-refractivity contribution in [3.8, 4) is 6.07 Å². The lowest BCUT2D eigenvalue weighted by atomic mass is 10.0. The lowest BCUT2D eigenvalue weighted by molar-refractivity contribution is 0.100. The van der Waals surface area contributed by atoms with Gasteiger partial charge in [-0.1, -0.05) is 0 Å². The summed E-state index contributed by atoms with van der Waals surface area (Å²) < 4.78 is 1.13. The molecule has 0 atom stereocenters. The Morgan fingerprint density at radius 2 is 2.00 bits per heavy atom. The van der Waals surface area contributed by atoms with Crippen LogP contribution in [0.2, 0.25) is 0 Å². The number of primary amides is 1. The minimum atomic E-state index is -0.523. The Morgan fingerprint density at radius 3 is 2.71 bits per heavy atom. The summed E-state index contributed by atoms with van der Waals surface area (Å²) in [4.78, 5) is 27.6. The van der Waals surface area contributed by atoms with Crippen LogP contribution in [0.3, 0.4) is 0 Å². The number of nitrogens with two attached hydrogens (primary N) is 1. The maximum atomic E-state index is 12.0. The molecular formula is C25H24N8OS. The number of hydrogen-bond acceptors (Lipinski definition) is 9. The standard InChI is InChI=1S/C25H24N8OS/c1-15-30-21-10-18(3-4-22(21)35-15)32-23-11-20(19(14-28-23)25(27)34)31-17-6-8-33(9-7-17)24-5-2-16(12-26)13-29-24/h2-5,10-11,13-14,17H,6-9H2,1H3,(H2,27,34)(H2,28,31,32). The number of benzene rings is 1. The molecule has 10 heteroatoms. The average Bonchev–Trinajstić information content (AvgIpc) is 3.24. The van der Waals surface area contributed by atoms with E-state index in [1.807, 2.05) is 37.3 Å². The second-order valence-electron chi connectivity index (χ2n) is 8.44. The third kappa shape index (κ3) is 5.00. The van der Waals surface area contributed by atoms with Crippen LogP contribution >= 0.6 is 11.3 Å². The molecule has 0 bridgehead atoms. The normalized spacial score (nSPS) is 14.0. The molecule has 9 nitrogen and oxygen atoms in total. The number of rotatable bonds is 6. The number of carbonyl (C=O) groups is 1. The zero-order chi connectivity index (χ0) is 24.4. The Hall–Kier alpha value is -4.23. The maximum Gasteiger partial charge on any atom is 0.252 e. The van der Waals surface area contributed by atoms with Gasteiger partial charge in [0.2, 0.25) is 0 Å². The molecule has 3 aromatic heterocycles. The van der Waals surface area contributed by atoms with Crippen molar-refractivity contribution in [2.75, 3.05) is 28.6 Å².